The molecule has 0 unspecified atom stereocenters. The number of unbranched alkanes of at least 4 members (excludes halogenated alkanes) is 1. The number of hydrogen-bond donors (Lipinski definition) is 0. The second-order valence-corrected chi connectivity index (χ2v) is 7.03. The summed E-state index contributed by atoms with van der Waals surface area (Å²) in [5.41, 5.74) is -0.420. The van der Waals surface area contributed by atoms with Gasteiger partial charge in [-0.2, -0.15) is 0 Å². The Kier molecular flexibility index (Phi) is 7.87. The van der Waals surface area contributed by atoms with Crippen LogP contribution in [0, 0.1) is 5.92 Å². The summed E-state index contributed by atoms with van der Waals surface area (Å²) < 4.78 is 16.1. The van der Waals surface area contributed by atoms with E-state index >= 15 is 0 Å². The molecule has 2 atom stereocenters. The third-order valence-corrected chi connectivity index (χ3v) is 3.57. The lowest BCUT2D eigenvalue weighted by Crippen LogP contribution is -2.30. The smallest absolute Gasteiger partial charge is 0.306 e. The minimum Gasteiger partial charge on any atom is -0.466 e. The van der Waals surface area contributed by atoms with Gasteiger partial charge in [-0.1, -0.05) is 0 Å². The zero-order valence-electron chi connectivity index (χ0n) is 14.4. The fraction of sp³-hybridized carbons (Fsp3) is 0.882. The average molecular weight is 314 g/mol. The number of carbonyl (C=O) groups is 2. The van der Waals surface area contributed by atoms with Crippen LogP contribution in [0.25, 0.3) is 0 Å². The van der Waals surface area contributed by atoms with E-state index in [0.29, 0.717) is 19.6 Å². The normalized spacial score (nSPS) is 22.2. The lowest BCUT2D eigenvalue weighted by molar-refractivity contribution is -0.157. The first-order chi connectivity index (χ1) is 10.3. The van der Waals surface area contributed by atoms with Crippen molar-refractivity contribution >= 4 is 11.9 Å². The Morgan fingerprint density at radius 2 is 1.91 bits per heavy atom. The van der Waals surface area contributed by atoms with E-state index in [1.807, 2.05) is 20.8 Å². The Hall–Kier alpha value is -1.10. The number of ether oxygens (including phenoxy) is 3. The lowest BCUT2D eigenvalue weighted by Gasteiger charge is -2.29. The Morgan fingerprint density at radius 1 is 1.18 bits per heavy atom. The van der Waals surface area contributed by atoms with E-state index in [2.05, 4.69) is 0 Å². The van der Waals surface area contributed by atoms with Crippen molar-refractivity contribution in [3.05, 3.63) is 0 Å². The topological polar surface area (TPSA) is 61.8 Å². The summed E-state index contributed by atoms with van der Waals surface area (Å²) in [5.74, 6) is -0.0908. The molecule has 0 aromatic rings. The predicted molar refractivity (Wildman–Crippen MR) is 83.4 cm³/mol. The van der Waals surface area contributed by atoms with Gasteiger partial charge < -0.3 is 14.2 Å². The maximum Gasteiger partial charge on any atom is 0.306 e. The number of rotatable bonds is 7. The summed E-state index contributed by atoms with van der Waals surface area (Å²) >= 11 is 0. The van der Waals surface area contributed by atoms with Gasteiger partial charge in [0.15, 0.2) is 0 Å². The van der Waals surface area contributed by atoms with Gasteiger partial charge in [-0.05, 0) is 58.8 Å². The molecule has 0 N–H and O–H groups in total. The van der Waals surface area contributed by atoms with Gasteiger partial charge in [0.25, 0.3) is 0 Å². The van der Waals surface area contributed by atoms with Gasteiger partial charge >= 0.3 is 11.9 Å². The molecule has 0 aromatic heterocycles. The van der Waals surface area contributed by atoms with Gasteiger partial charge in [0.1, 0.15) is 5.60 Å². The van der Waals surface area contributed by atoms with Gasteiger partial charge in [-0.25, -0.2) is 0 Å². The molecule has 128 valence electrons. The number of carbonyl (C=O) groups excluding carboxylic acids is 2. The maximum absolute atomic E-state index is 11.8. The van der Waals surface area contributed by atoms with Crippen LogP contribution in [0.3, 0.4) is 0 Å². The van der Waals surface area contributed by atoms with Gasteiger partial charge in [-0.15, -0.1) is 0 Å². The summed E-state index contributed by atoms with van der Waals surface area (Å²) in [7, 11) is 0. The van der Waals surface area contributed by atoms with Gasteiger partial charge in [0, 0.05) is 6.92 Å². The van der Waals surface area contributed by atoms with Crippen LogP contribution in [-0.4, -0.2) is 36.9 Å². The van der Waals surface area contributed by atoms with E-state index in [0.717, 1.165) is 32.1 Å². The van der Waals surface area contributed by atoms with Crippen molar-refractivity contribution in [2.75, 3.05) is 13.2 Å². The van der Waals surface area contributed by atoms with E-state index in [1.165, 1.54) is 6.92 Å². The van der Waals surface area contributed by atoms with Crippen LogP contribution in [0.5, 0.6) is 0 Å². The van der Waals surface area contributed by atoms with Crippen LogP contribution in [-0.2, 0) is 23.8 Å². The molecule has 0 bridgehead atoms. The second-order valence-electron chi connectivity index (χ2n) is 7.03. The molecule has 22 heavy (non-hydrogen) atoms. The summed E-state index contributed by atoms with van der Waals surface area (Å²) in [6.07, 6.45) is 5.56. The van der Waals surface area contributed by atoms with E-state index in [9.17, 15) is 9.59 Å². The zero-order chi connectivity index (χ0) is 16.6. The highest BCUT2D eigenvalue weighted by molar-refractivity contribution is 5.70. The largest absolute Gasteiger partial charge is 0.466 e. The van der Waals surface area contributed by atoms with Crippen molar-refractivity contribution in [2.45, 2.75) is 77.9 Å². The highest BCUT2D eigenvalue weighted by atomic mass is 16.6. The summed E-state index contributed by atoms with van der Waals surface area (Å²) in [6.45, 7) is 8.20. The van der Waals surface area contributed by atoms with E-state index in [4.69, 9.17) is 14.2 Å². The number of esters is 2. The van der Waals surface area contributed by atoms with Crippen molar-refractivity contribution in [1.82, 2.24) is 0 Å². The molecular formula is C17H30O5. The molecule has 1 aliphatic heterocycles. The molecule has 0 aromatic carbocycles. The Bertz CT molecular complexity index is 351. The van der Waals surface area contributed by atoms with E-state index in [-0.39, 0.29) is 24.0 Å². The molecule has 0 radical (unpaired) electrons. The van der Waals surface area contributed by atoms with E-state index < -0.39 is 5.60 Å². The molecule has 0 aliphatic carbocycles. The predicted octanol–water partition coefficient (Wildman–Crippen LogP) is 3.25. The monoisotopic (exact) mass is 314 g/mol. The molecule has 5 nitrogen and oxygen atoms in total. The minimum atomic E-state index is -0.420. The second kappa shape index (κ2) is 9.13. The van der Waals surface area contributed by atoms with Gasteiger partial charge in [0.05, 0.1) is 25.7 Å². The van der Waals surface area contributed by atoms with Crippen LogP contribution < -0.4 is 0 Å². The third kappa shape index (κ3) is 9.03. The van der Waals surface area contributed by atoms with Gasteiger partial charge in [0.2, 0.25) is 0 Å². The van der Waals surface area contributed by atoms with Crippen molar-refractivity contribution in [1.29, 1.82) is 0 Å². The third-order valence-electron chi connectivity index (χ3n) is 3.57. The number of hydrogen-bond acceptors (Lipinski definition) is 5. The molecular weight excluding hydrogens is 284 g/mol. The van der Waals surface area contributed by atoms with Crippen molar-refractivity contribution in [3.63, 3.8) is 0 Å². The molecule has 1 fully saturated rings. The Morgan fingerprint density at radius 3 is 2.45 bits per heavy atom. The first-order valence-corrected chi connectivity index (χ1v) is 8.23. The fourth-order valence-corrected chi connectivity index (χ4v) is 2.56. The molecule has 0 amide bonds. The summed E-state index contributed by atoms with van der Waals surface area (Å²) in [6, 6.07) is 0. The van der Waals surface area contributed by atoms with Crippen LogP contribution >= 0.6 is 0 Å². The fourth-order valence-electron chi connectivity index (χ4n) is 2.56. The van der Waals surface area contributed by atoms with Crippen LogP contribution in [0.4, 0.5) is 0 Å². The van der Waals surface area contributed by atoms with Crippen molar-refractivity contribution < 1.29 is 23.8 Å². The Labute approximate surface area is 133 Å². The standard InChI is InChI=1S/C17H30O5/c1-13(18)20-10-6-5-7-15-9-8-14(12-21-15)11-16(19)22-17(2,3)4/h14-15H,5-12H2,1-4H3/t14-,15+/m0/s1. The summed E-state index contributed by atoms with van der Waals surface area (Å²) in [4.78, 5) is 22.4. The molecule has 1 saturated heterocycles. The van der Waals surface area contributed by atoms with Crippen LogP contribution in [0.2, 0.25) is 0 Å². The molecule has 1 rings (SSSR count). The first kappa shape index (κ1) is 18.9. The zero-order valence-corrected chi connectivity index (χ0v) is 14.4. The Balaban J connectivity index is 2.10. The van der Waals surface area contributed by atoms with Crippen molar-refractivity contribution in [3.8, 4) is 0 Å². The molecule has 0 saturated carbocycles. The molecule has 5 heteroatoms. The lowest BCUT2D eigenvalue weighted by atomic mass is 9.93. The van der Waals surface area contributed by atoms with Crippen LogP contribution in [0.15, 0.2) is 0 Å². The summed E-state index contributed by atoms with van der Waals surface area (Å²) in [5, 5.41) is 0. The minimum absolute atomic E-state index is 0.138. The SMILES string of the molecule is CC(=O)OCCCC[C@@H]1CC[C@@H](CC(=O)OC(C)(C)C)CO1. The quantitative estimate of drug-likeness (QED) is 0.533. The van der Waals surface area contributed by atoms with Crippen molar-refractivity contribution in [2.24, 2.45) is 5.92 Å². The maximum atomic E-state index is 11.8. The highest BCUT2D eigenvalue weighted by Gasteiger charge is 2.25. The van der Waals surface area contributed by atoms with Gasteiger partial charge in [-0.3, -0.25) is 9.59 Å². The molecule has 1 aliphatic rings. The molecule has 0 spiro atoms. The molecule has 1 heterocycles. The van der Waals surface area contributed by atoms with E-state index in [1.54, 1.807) is 0 Å². The highest BCUT2D eigenvalue weighted by Crippen LogP contribution is 2.25. The average Bonchev–Trinajstić information content (AvgIpc) is 2.37. The van der Waals surface area contributed by atoms with Crippen LogP contribution in [0.1, 0.15) is 66.2 Å². The first-order valence-electron chi connectivity index (χ1n) is 8.23.